The first-order valence-electron chi connectivity index (χ1n) is 6.29. The Morgan fingerprint density at radius 1 is 1.21 bits per heavy atom. The maximum absolute atomic E-state index is 12.0. The first-order valence-corrected chi connectivity index (χ1v) is 8.11. The predicted molar refractivity (Wildman–Crippen MR) is 73.0 cm³/mol. The maximum atomic E-state index is 12.0. The van der Waals surface area contributed by atoms with E-state index in [1.54, 1.807) is 0 Å². The van der Waals surface area contributed by atoms with Gasteiger partial charge in [0, 0.05) is 0 Å². The third-order valence-electron chi connectivity index (χ3n) is 3.64. The fraction of sp³-hybridized carbons (Fsp3) is 0.500. The highest BCUT2D eigenvalue weighted by Gasteiger charge is 2.34. The van der Waals surface area contributed by atoms with Gasteiger partial charge in [0.05, 0.1) is 17.4 Å². The summed E-state index contributed by atoms with van der Waals surface area (Å²) in [6.45, 7) is 5.73. The van der Waals surface area contributed by atoms with E-state index in [1.165, 1.54) is 0 Å². The van der Waals surface area contributed by atoms with Crippen molar-refractivity contribution in [2.24, 2.45) is 5.92 Å². The molecule has 1 atom stereocenters. The normalized spacial score (nSPS) is 21.3. The van der Waals surface area contributed by atoms with Crippen molar-refractivity contribution >= 4 is 15.8 Å². The Labute approximate surface area is 113 Å². The van der Waals surface area contributed by atoms with Crippen molar-refractivity contribution in [3.05, 3.63) is 28.8 Å². The lowest BCUT2D eigenvalue weighted by atomic mass is 10.0. The summed E-state index contributed by atoms with van der Waals surface area (Å²) in [4.78, 5) is 12.0. The molecule has 1 unspecified atom stereocenters. The van der Waals surface area contributed by atoms with Gasteiger partial charge in [0.25, 0.3) is 0 Å². The molecular weight excluding hydrogens is 264 g/mol. The molecule has 0 amide bonds. The van der Waals surface area contributed by atoms with Gasteiger partial charge in [-0.2, -0.15) is 0 Å². The van der Waals surface area contributed by atoms with Crippen LogP contribution in [0.25, 0.3) is 0 Å². The van der Waals surface area contributed by atoms with E-state index in [9.17, 15) is 13.2 Å². The number of hydrogen-bond acceptors (Lipinski definition) is 4. The van der Waals surface area contributed by atoms with Crippen molar-refractivity contribution in [3.63, 3.8) is 0 Å². The third kappa shape index (κ3) is 2.97. The molecule has 0 spiro atoms. The van der Waals surface area contributed by atoms with Crippen LogP contribution in [-0.4, -0.2) is 25.9 Å². The van der Waals surface area contributed by atoms with E-state index in [1.807, 2.05) is 32.9 Å². The van der Waals surface area contributed by atoms with Crippen LogP contribution in [0, 0.1) is 26.7 Å². The van der Waals surface area contributed by atoms with Gasteiger partial charge in [-0.25, -0.2) is 8.42 Å². The molecule has 104 valence electrons. The van der Waals surface area contributed by atoms with Crippen LogP contribution in [0.5, 0.6) is 5.75 Å². The quantitative estimate of drug-likeness (QED) is 0.614. The van der Waals surface area contributed by atoms with Gasteiger partial charge in [-0.15, -0.1) is 0 Å². The van der Waals surface area contributed by atoms with Crippen LogP contribution in [0.2, 0.25) is 0 Å². The molecule has 19 heavy (non-hydrogen) atoms. The van der Waals surface area contributed by atoms with Crippen LogP contribution in [-0.2, 0) is 14.6 Å². The summed E-state index contributed by atoms with van der Waals surface area (Å²) in [5.74, 6) is -0.398. The largest absolute Gasteiger partial charge is 0.426 e. The molecule has 0 N–H and O–H groups in total. The Morgan fingerprint density at radius 3 is 2.42 bits per heavy atom. The molecule has 2 rings (SSSR count). The molecule has 1 saturated heterocycles. The summed E-state index contributed by atoms with van der Waals surface area (Å²) in [6.07, 6.45) is 0.366. The maximum Gasteiger partial charge on any atom is 0.315 e. The second-order valence-electron chi connectivity index (χ2n) is 5.17. The molecule has 0 aromatic heterocycles. The van der Waals surface area contributed by atoms with Gasteiger partial charge in [0.1, 0.15) is 5.75 Å². The minimum atomic E-state index is -3.06. The van der Waals surface area contributed by atoms with Gasteiger partial charge in [-0.3, -0.25) is 4.79 Å². The number of aryl methyl sites for hydroxylation is 2. The van der Waals surface area contributed by atoms with E-state index in [0.29, 0.717) is 12.2 Å². The van der Waals surface area contributed by atoms with E-state index < -0.39 is 21.7 Å². The van der Waals surface area contributed by atoms with Crippen molar-refractivity contribution in [1.29, 1.82) is 0 Å². The minimum Gasteiger partial charge on any atom is -0.426 e. The molecular formula is C14H18O4S. The van der Waals surface area contributed by atoms with Crippen molar-refractivity contribution in [2.75, 3.05) is 11.5 Å². The van der Waals surface area contributed by atoms with E-state index >= 15 is 0 Å². The van der Waals surface area contributed by atoms with Gasteiger partial charge in [-0.05, 0) is 43.9 Å². The lowest BCUT2D eigenvalue weighted by Gasteiger charge is -2.14. The number of hydrogen-bond donors (Lipinski definition) is 0. The number of benzene rings is 1. The van der Waals surface area contributed by atoms with Gasteiger partial charge in [0.2, 0.25) is 0 Å². The molecule has 4 nitrogen and oxygen atoms in total. The molecule has 1 aliphatic heterocycles. The van der Waals surface area contributed by atoms with Crippen molar-refractivity contribution in [1.82, 2.24) is 0 Å². The zero-order valence-electron chi connectivity index (χ0n) is 11.4. The monoisotopic (exact) mass is 282 g/mol. The number of ether oxygens (including phenoxy) is 1. The van der Waals surface area contributed by atoms with E-state index in [-0.39, 0.29) is 11.5 Å². The highest BCUT2D eigenvalue weighted by molar-refractivity contribution is 7.91. The molecule has 5 heteroatoms. The Balaban J connectivity index is 2.19. The number of carbonyl (C=O) groups excluding carboxylic acids is 1. The lowest BCUT2D eigenvalue weighted by molar-refractivity contribution is -0.138. The highest BCUT2D eigenvalue weighted by Crippen LogP contribution is 2.28. The van der Waals surface area contributed by atoms with Gasteiger partial charge >= 0.3 is 5.97 Å². The van der Waals surface area contributed by atoms with Crippen LogP contribution >= 0.6 is 0 Å². The SMILES string of the molecule is Cc1ccc(C)c(OC(=O)C2CCS(=O)(=O)C2)c1C. The summed E-state index contributed by atoms with van der Waals surface area (Å²) < 4.78 is 28.2. The summed E-state index contributed by atoms with van der Waals surface area (Å²) in [6, 6.07) is 3.87. The fourth-order valence-electron chi connectivity index (χ4n) is 2.25. The first kappa shape index (κ1) is 14.1. The summed E-state index contributed by atoms with van der Waals surface area (Å²) in [7, 11) is -3.06. The van der Waals surface area contributed by atoms with E-state index in [0.717, 1.165) is 16.7 Å². The molecule has 1 aromatic carbocycles. The molecule has 1 fully saturated rings. The molecule has 0 radical (unpaired) electrons. The Morgan fingerprint density at radius 2 is 1.84 bits per heavy atom. The van der Waals surface area contributed by atoms with Crippen molar-refractivity contribution in [3.8, 4) is 5.75 Å². The number of rotatable bonds is 2. The second-order valence-corrected chi connectivity index (χ2v) is 7.40. The topological polar surface area (TPSA) is 60.4 Å². The number of esters is 1. The van der Waals surface area contributed by atoms with Gasteiger partial charge < -0.3 is 4.74 Å². The predicted octanol–water partition coefficient (Wildman–Crippen LogP) is 1.95. The van der Waals surface area contributed by atoms with E-state index in [4.69, 9.17) is 4.74 Å². The Kier molecular flexibility index (Phi) is 3.67. The molecule has 1 aromatic rings. The summed E-state index contributed by atoms with van der Waals surface area (Å²) >= 11 is 0. The zero-order valence-corrected chi connectivity index (χ0v) is 12.2. The molecule has 0 saturated carbocycles. The summed E-state index contributed by atoms with van der Waals surface area (Å²) in [5.41, 5.74) is 2.86. The number of carbonyl (C=O) groups is 1. The minimum absolute atomic E-state index is 0.0819. The third-order valence-corrected chi connectivity index (χ3v) is 5.41. The average molecular weight is 282 g/mol. The molecule has 1 heterocycles. The first-order chi connectivity index (χ1) is 8.80. The molecule has 0 aliphatic carbocycles. The van der Waals surface area contributed by atoms with Crippen LogP contribution in [0.15, 0.2) is 12.1 Å². The van der Waals surface area contributed by atoms with Gasteiger partial charge in [-0.1, -0.05) is 12.1 Å². The molecule has 1 aliphatic rings. The Bertz CT molecular complexity index is 617. The van der Waals surface area contributed by atoms with Crippen LogP contribution in [0.1, 0.15) is 23.1 Å². The zero-order chi connectivity index (χ0) is 14.2. The van der Waals surface area contributed by atoms with E-state index in [2.05, 4.69) is 0 Å². The smallest absolute Gasteiger partial charge is 0.315 e. The fourth-order valence-corrected chi connectivity index (χ4v) is 3.97. The van der Waals surface area contributed by atoms with Crippen molar-refractivity contribution in [2.45, 2.75) is 27.2 Å². The number of sulfone groups is 1. The standard InChI is InChI=1S/C14H18O4S/c1-9-4-5-10(2)13(11(9)3)18-14(15)12-6-7-19(16,17)8-12/h4-5,12H,6-8H2,1-3H3. The highest BCUT2D eigenvalue weighted by atomic mass is 32.2. The van der Waals surface area contributed by atoms with Crippen LogP contribution in [0.3, 0.4) is 0 Å². The van der Waals surface area contributed by atoms with Gasteiger partial charge in [0.15, 0.2) is 9.84 Å². The summed E-state index contributed by atoms with van der Waals surface area (Å²) in [5, 5.41) is 0. The lowest BCUT2D eigenvalue weighted by Crippen LogP contribution is -2.22. The second kappa shape index (κ2) is 4.96. The molecule has 0 bridgehead atoms. The van der Waals surface area contributed by atoms with Crippen molar-refractivity contribution < 1.29 is 17.9 Å². The Hall–Kier alpha value is -1.36. The average Bonchev–Trinajstić information content (AvgIpc) is 2.70. The van der Waals surface area contributed by atoms with Crippen LogP contribution in [0.4, 0.5) is 0 Å². The van der Waals surface area contributed by atoms with Crippen LogP contribution < -0.4 is 4.74 Å².